The van der Waals surface area contributed by atoms with Crippen molar-refractivity contribution in [3.63, 3.8) is 0 Å². The van der Waals surface area contributed by atoms with Crippen LogP contribution in [-0.2, 0) is 9.59 Å². The van der Waals surface area contributed by atoms with E-state index in [-0.39, 0.29) is 30.3 Å². The Morgan fingerprint density at radius 3 is 2.70 bits per heavy atom. The first-order valence-electron chi connectivity index (χ1n) is 7.86. The molecule has 6 nitrogen and oxygen atoms in total. The molecule has 0 bridgehead atoms. The Balaban J connectivity index is 1.91. The Morgan fingerprint density at radius 1 is 1.35 bits per heavy atom. The van der Waals surface area contributed by atoms with Crippen LogP contribution in [0.15, 0.2) is 12.1 Å². The molecule has 0 saturated heterocycles. The quantitative estimate of drug-likeness (QED) is 0.753. The van der Waals surface area contributed by atoms with Crippen LogP contribution in [0, 0.1) is 19.8 Å². The lowest BCUT2D eigenvalue weighted by Crippen LogP contribution is -2.47. The molecule has 1 aromatic rings. The van der Waals surface area contributed by atoms with Crippen LogP contribution in [0.25, 0.3) is 0 Å². The molecule has 2 atom stereocenters. The van der Waals surface area contributed by atoms with Crippen LogP contribution in [0.2, 0.25) is 0 Å². The fourth-order valence-electron chi connectivity index (χ4n) is 2.49. The first-order valence-corrected chi connectivity index (χ1v) is 7.86. The van der Waals surface area contributed by atoms with Crippen molar-refractivity contribution in [2.45, 2.75) is 39.8 Å². The molecule has 0 saturated carbocycles. The van der Waals surface area contributed by atoms with Gasteiger partial charge in [-0.05, 0) is 30.9 Å². The van der Waals surface area contributed by atoms with E-state index in [9.17, 15) is 9.59 Å². The molecule has 0 aromatic heterocycles. The summed E-state index contributed by atoms with van der Waals surface area (Å²) in [5.41, 5.74) is 8.97. The monoisotopic (exact) mass is 319 g/mol. The van der Waals surface area contributed by atoms with Gasteiger partial charge in [0.2, 0.25) is 11.8 Å². The summed E-state index contributed by atoms with van der Waals surface area (Å²) < 4.78 is 5.70. The predicted octanol–water partition coefficient (Wildman–Crippen LogP) is 0.953. The lowest BCUT2D eigenvalue weighted by Gasteiger charge is -2.16. The molecule has 1 heterocycles. The highest BCUT2D eigenvalue weighted by atomic mass is 16.5. The standard InChI is InChI=1S/C17H25N3O3/c1-9(2)15(18)17(22)19-7-14(21)20-13-8-23-16-11(4)10(3)5-6-12(13)16/h5-6,9,13,15H,7-8,18H2,1-4H3,(H,19,22)(H,20,21)/t13?,15-/m0/s1. The minimum atomic E-state index is -0.607. The van der Waals surface area contributed by atoms with Crippen molar-refractivity contribution in [2.24, 2.45) is 11.7 Å². The van der Waals surface area contributed by atoms with E-state index in [0.717, 1.165) is 22.4 Å². The Bertz CT molecular complexity index is 613. The SMILES string of the molecule is Cc1ccc2c(c1C)OCC2NC(=O)CNC(=O)[C@@H](N)C(C)C. The summed E-state index contributed by atoms with van der Waals surface area (Å²) >= 11 is 0. The lowest BCUT2D eigenvalue weighted by atomic mass is 10.0. The summed E-state index contributed by atoms with van der Waals surface area (Å²) in [7, 11) is 0. The van der Waals surface area contributed by atoms with E-state index < -0.39 is 6.04 Å². The first kappa shape index (κ1) is 17.3. The molecule has 0 spiro atoms. The van der Waals surface area contributed by atoms with Gasteiger partial charge in [-0.1, -0.05) is 26.0 Å². The first-order chi connectivity index (χ1) is 10.8. The van der Waals surface area contributed by atoms with Crippen LogP contribution in [0.1, 0.15) is 36.6 Å². The second kappa shape index (κ2) is 7.00. The molecular formula is C17H25N3O3. The van der Waals surface area contributed by atoms with Gasteiger partial charge in [-0.3, -0.25) is 9.59 Å². The van der Waals surface area contributed by atoms with Crippen LogP contribution in [0.4, 0.5) is 0 Å². The molecule has 1 unspecified atom stereocenters. The van der Waals surface area contributed by atoms with Crippen LogP contribution in [0.5, 0.6) is 5.75 Å². The number of hydrogen-bond donors (Lipinski definition) is 3. The van der Waals surface area contributed by atoms with E-state index >= 15 is 0 Å². The third-order valence-electron chi connectivity index (χ3n) is 4.26. The Kier molecular flexibility index (Phi) is 5.26. The van der Waals surface area contributed by atoms with Crippen molar-refractivity contribution >= 4 is 11.8 Å². The highest BCUT2D eigenvalue weighted by molar-refractivity contribution is 5.87. The molecule has 23 heavy (non-hydrogen) atoms. The Labute approximate surface area is 136 Å². The maximum absolute atomic E-state index is 12.0. The maximum Gasteiger partial charge on any atom is 0.240 e. The van der Waals surface area contributed by atoms with Crippen molar-refractivity contribution < 1.29 is 14.3 Å². The normalized spacial score (nSPS) is 17.4. The molecule has 2 amide bonds. The second-order valence-electron chi connectivity index (χ2n) is 6.34. The number of amides is 2. The van der Waals surface area contributed by atoms with Gasteiger partial charge in [0.25, 0.3) is 0 Å². The number of fused-ring (bicyclic) bond motifs is 1. The van der Waals surface area contributed by atoms with Crippen LogP contribution < -0.4 is 21.1 Å². The molecule has 4 N–H and O–H groups in total. The number of nitrogens with one attached hydrogen (secondary N) is 2. The average Bonchev–Trinajstić information content (AvgIpc) is 2.91. The minimum Gasteiger partial charge on any atom is -0.490 e. The van der Waals surface area contributed by atoms with Gasteiger partial charge in [-0.25, -0.2) is 0 Å². The Hall–Kier alpha value is -2.08. The van der Waals surface area contributed by atoms with Gasteiger partial charge in [-0.2, -0.15) is 0 Å². The number of ether oxygens (including phenoxy) is 1. The van der Waals surface area contributed by atoms with Crippen molar-refractivity contribution in [3.05, 3.63) is 28.8 Å². The highest BCUT2D eigenvalue weighted by Gasteiger charge is 2.27. The minimum absolute atomic E-state index is 0.0272. The molecule has 1 aliphatic heterocycles. The van der Waals surface area contributed by atoms with E-state index in [2.05, 4.69) is 10.6 Å². The van der Waals surface area contributed by atoms with Crippen molar-refractivity contribution in [1.82, 2.24) is 10.6 Å². The van der Waals surface area contributed by atoms with Crippen molar-refractivity contribution in [3.8, 4) is 5.75 Å². The molecule has 1 aliphatic rings. The molecule has 6 heteroatoms. The zero-order valence-corrected chi connectivity index (χ0v) is 14.1. The number of rotatable bonds is 5. The van der Waals surface area contributed by atoms with Gasteiger partial charge < -0.3 is 21.1 Å². The topological polar surface area (TPSA) is 93.5 Å². The zero-order valence-electron chi connectivity index (χ0n) is 14.1. The number of carbonyl (C=O) groups is 2. The number of aryl methyl sites for hydroxylation is 1. The lowest BCUT2D eigenvalue weighted by molar-refractivity contribution is -0.127. The zero-order chi connectivity index (χ0) is 17.1. The van der Waals surface area contributed by atoms with E-state index in [4.69, 9.17) is 10.5 Å². The van der Waals surface area contributed by atoms with Crippen molar-refractivity contribution in [1.29, 1.82) is 0 Å². The fourth-order valence-corrected chi connectivity index (χ4v) is 2.49. The summed E-state index contributed by atoms with van der Waals surface area (Å²) in [6.07, 6.45) is 0. The Morgan fingerprint density at radius 2 is 2.04 bits per heavy atom. The van der Waals surface area contributed by atoms with Crippen LogP contribution in [-0.4, -0.2) is 31.0 Å². The fraction of sp³-hybridized carbons (Fsp3) is 0.529. The third kappa shape index (κ3) is 3.82. The van der Waals surface area contributed by atoms with E-state index in [0.29, 0.717) is 6.61 Å². The number of nitrogens with two attached hydrogens (primary N) is 1. The van der Waals surface area contributed by atoms with Crippen LogP contribution >= 0.6 is 0 Å². The molecule has 0 aliphatic carbocycles. The maximum atomic E-state index is 12.0. The summed E-state index contributed by atoms with van der Waals surface area (Å²) in [5, 5.41) is 5.45. The van der Waals surface area contributed by atoms with Gasteiger partial charge in [-0.15, -0.1) is 0 Å². The number of hydrogen-bond acceptors (Lipinski definition) is 4. The van der Waals surface area contributed by atoms with E-state index in [1.165, 1.54) is 0 Å². The summed E-state index contributed by atoms with van der Waals surface area (Å²) in [6, 6.07) is 3.20. The summed E-state index contributed by atoms with van der Waals surface area (Å²) in [4.78, 5) is 23.8. The van der Waals surface area contributed by atoms with Crippen LogP contribution in [0.3, 0.4) is 0 Å². The van der Waals surface area contributed by atoms with Gasteiger partial charge >= 0.3 is 0 Å². The van der Waals surface area contributed by atoms with Gasteiger partial charge in [0.15, 0.2) is 0 Å². The molecule has 126 valence electrons. The smallest absolute Gasteiger partial charge is 0.240 e. The summed E-state index contributed by atoms with van der Waals surface area (Å²) in [5.74, 6) is 0.305. The van der Waals surface area contributed by atoms with Gasteiger partial charge in [0.05, 0.1) is 18.6 Å². The van der Waals surface area contributed by atoms with E-state index in [1.54, 1.807) is 0 Å². The average molecular weight is 319 g/mol. The summed E-state index contributed by atoms with van der Waals surface area (Å²) in [6.45, 7) is 8.08. The third-order valence-corrected chi connectivity index (χ3v) is 4.26. The number of benzene rings is 1. The second-order valence-corrected chi connectivity index (χ2v) is 6.34. The van der Waals surface area contributed by atoms with Gasteiger partial charge in [0.1, 0.15) is 12.4 Å². The molecule has 0 radical (unpaired) electrons. The molecule has 0 fully saturated rings. The molecule has 2 rings (SSSR count). The van der Waals surface area contributed by atoms with E-state index in [1.807, 2.05) is 39.8 Å². The predicted molar refractivity (Wildman–Crippen MR) is 88.1 cm³/mol. The van der Waals surface area contributed by atoms with Gasteiger partial charge in [0, 0.05) is 5.56 Å². The molecular weight excluding hydrogens is 294 g/mol. The number of carbonyl (C=O) groups excluding carboxylic acids is 2. The molecule has 1 aromatic carbocycles. The van der Waals surface area contributed by atoms with Crippen molar-refractivity contribution in [2.75, 3.05) is 13.2 Å². The highest BCUT2D eigenvalue weighted by Crippen LogP contribution is 2.36. The largest absolute Gasteiger partial charge is 0.490 e.